The number of hydrogen-bond donors (Lipinski definition) is 4. The Morgan fingerprint density at radius 1 is 1.16 bits per heavy atom. The Kier molecular flexibility index (Phi) is 13.0. The number of hydrogen-bond acceptors (Lipinski definition) is 5. The van der Waals surface area contributed by atoms with Crippen molar-refractivity contribution in [2.45, 2.75) is 38.6 Å². The molecule has 0 aromatic carbocycles. The van der Waals surface area contributed by atoms with Crippen molar-refractivity contribution >= 4 is 12.1 Å². The minimum Gasteiger partial charge on any atom is -0.330 e. The Labute approximate surface area is 116 Å². The molecule has 0 saturated carbocycles. The molecule has 0 aliphatic carbocycles. The van der Waals surface area contributed by atoms with Crippen LogP contribution in [-0.2, 0) is 4.79 Å². The SMILES string of the molecule is C[C@@H](N)C(=O)N=CCCNCCCCNCCCN. The third-order valence-electron chi connectivity index (χ3n) is 2.57. The van der Waals surface area contributed by atoms with Gasteiger partial charge in [0.05, 0.1) is 6.04 Å². The molecule has 6 N–H and O–H groups in total. The zero-order chi connectivity index (χ0) is 14.3. The van der Waals surface area contributed by atoms with E-state index in [2.05, 4.69) is 15.6 Å². The van der Waals surface area contributed by atoms with Crippen molar-refractivity contribution in [3.63, 3.8) is 0 Å². The van der Waals surface area contributed by atoms with Gasteiger partial charge in [-0.2, -0.15) is 0 Å². The van der Waals surface area contributed by atoms with E-state index in [0.29, 0.717) is 0 Å². The lowest BCUT2D eigenvalue weighted by Gasteiger charge is -2.04. The summed E-state index contributed by atoms with van der Waals surface area (Å²) in [7, 11) is 0. The second kappa shape index (κ2) is 13.6. The predicted octanol–water partition coefficient (Wildman–Crippen LogP) is -0.371. The van der Waals surface area contributed by atoms with Crippen LogP contribution in [-0.4, -0.2) is 50.9 Å². The minimum absolute atomic E-state index is 0.261. The Bertz CT molecular complexity index is 243. The summed E-state index contributed by atoms with van der Waals surface area (Å²) in [5.41, 5.74) is 10.8. The molecule has 0 aliphatic rings. The highest BCUT2D eigenvalue weighted by Gasteiger charge is 2.02. The van der Waals surface area contributed by atoms with Crippen LogP contribution in [0.25, 0.3) is 0 Å². The first-order valence-electron chi connectivity index (χ1n) is 7.12. The minimum atomic E-state index is -0.504. The number of carbonyl (C=O) groups is 1. The smallest absolute Gasteiger partial charge is 0.261 e. The second-order valence-electron chi connectivity index (χ2n) is 4.58. The van der Waals surface area contributed by atoms with Crippen LogP contribution in [0.2, 0.25) is 0 Å². The highest BCUT2D eigenvalue weighted by molar-refractivity contribution is 5.88. The molecular weight excluding hydrogens is 242 g/mol. The fourth-order valence-electron chi connectivity index (χ4n) is 1.42. The molecule has 6 heteroatoms. The summed E-state index contributed by atoms with van der Waals surface area (Å²) in [4.78, 5) is 14.8. The number of nitrogens with one attached hydrogen (secondary N) is 2. The molecule has 0 aromatic heterocycles. The van der Waals surface area contributed by atoms with E-state index in [0.717, 1.165) is 58.4 Å². The van der Waals surface area contributed by atoms with Gasteiger partial charge in [-0.3, -0.25) is 4.79 Å². The summed E-state index contributed by atoms with van der Waals surface area (Å²) >= 11 is 0. The Hall–Kier alpha value is -0.820. The van der Waals surface area contributed by atoms with Crippen molar-refractivity contribution in [2.75, 3.05) is 32.7 Å². The van der Waals surface area contributed by atoms with Gasteiger partial charge in [0.15, 0.2) is 0 Å². The molecule has 0 heterocycles. The van der Waals surface area contributed by atoms with Gasteiger partial charge in [-0.05, 0) is 58.8 Å². The summed E-state index contributed by atoms with van der Waals surface area (Å²) in [5, 5.41) is 6.65. The third-order valence-corrected chi connectivity index (χ3v) is 2.57. The van der Waals surface area contributed by atoms with Crippen molar-refractivity contribution in [1.29, 1.82) is 0 Å². The van der Waals surface area contributed by atoms with Gasteiger partial charge in [-0.15, -0.1) is 0 Å². The lowest BCUT2D eigenvalue weighted by Crippen LogP contribution is -2.25. The monoisotopic (exact) mass is 271 g/mol. The highest BCUT2D eigenvalue weighted by atomic mass is 16.1. The van der Waals surface area contributed by atoms with E-state index < -0.39 is 6.04 Å². The molecule has 1 amide bonds. The largest absolute Gasteiger partial charge is 0.330 e. The first-order valence-corrected chi connectivity index (χ1v) is 7.12. The van der Waals surface area contributed by atoms with E-state index in [-0.39, 0.29) is 5.91 Å². The molecule has 0 spiro atoms. The molecule has 1 atom stereocenters. The van der Waals surface area contributed by atoms with Crippen molar-refractivity contribution in [3.05, 3.63) is 0 Å². The molecule has 0 radical (unpaired) electrons. The van der Waals surface area contributed by atoms with Crippen LogP contribution in [0.1, 0.15) is 32.6 Å². The summed E-state index contributed by atoms with van der Waals surface area (Å²) in [5.74, 6) is -0.261. The predicted molar refractivity (Wildman–Crippen MR) is 80.4 cm³/mol. The van der Waals surface area contributed by atoms with Crippen LogP contribution >= 0.6 is 0 Å². The summed E-state index contributed by atoms with van der Waals surface area (Å²) < 4.78 is 0. The lowest BCUT2D eigenvalue weighted by atomic mass is 10.3. The van der Waals surface area contributed by atoms with Crippen molar-refractivity contribution in [2.24, 2.45) is 16.5 Å². The number of rotatable bonds is 12. The first kappa shape index (κ1) is 18.2. The number of nitrogens with two attached hydrogens (primary N) is 2. The van der Waals surface area contributed by atoms with E-state index in [9.17, 15) is 4.79 Å². The zero-order valence-corrected chi connectivity index (χ0v) is 12.0. The molecule has 0 aromatic rings. The van der Waals surface area contributed by atoms with Crippen LogP contribution < -0.4 is 22.1 Å². The normalized spacial score (nSPS) is 13.0. The molecule has 112 valence electrons. The van der Waals surface area contributed by atoms with Crippen molar-refractivity contribution < 1.29 is 4.79 Å². The topological polar surface area (TPSA) is 106 Å². The van der Waals surface area contributed by atoms with Crippen molar-refractivity contribution in [1.82, 2.24) is 10.6 Å². The molecule has 6 nitrogen and oxygen atoms in total. The molecule has 0 saturated heterocycles. The van der Waals surface area contributed by atoms with E-state index in [1.54, 1.807) is 13.1 Å². The van der Waals surface area contributed by atoms with Gasteiger partial charge < -0.3 is 22.1 Å². The average molecular weight is 271 g/mol. The maximum atomic E-state index is 11.1. The fraction of sp³-hybridized carbons (Fsp3) is 0.846. The van der Waals surface area contributed by atoms with E-state index in [1.807, 2.05) is 0 Å². The Morgan fingerprint density at radius 3 is 2.32 bits per heavy atom. The highest BCUT2D eigenvalue weighted by Crippen LogP contribution is 1.86. The number of unbranched alkanes of at least 4 members (excludes halogenated alkanes) is 1. The van der Waals surface area contributed by atoms with Crippen LogP contribution in [0.15, 0.2) is 4.99 Å². The first-order chi connectivity index (χ1) is 9.18. The quantitative estimate of drug-likeness (QED) is 0.286. The van der Waals surface area contributed by atoms with E-state index >= 15 is 0 Å². The van der Waals surface area contributed by atoms with Gasteiger partial charge in [-0.25, -0.2) is 4.99 Å². The van der Waals surface area contributed by atoms with Crippen LogP contribution in [0, 0.1) is 0 Å². The van der Waals surface area contributed by atoms with Gasteiger partial charge >= 0.3 is 0 Å². The molecule has 0 bridgehead atoms. The van der Waals surface area contributed by atoms with Gasteiger partial charge in [0.1, 0.15) is 0 Å². The number of carbonyl (C=O) groups excluding carboxylic acids is 1. The van der Waals surface area contributed by atoms with Gasteiger partial charge in [-0.1, -0.05) is 0 Å². The summed E-state index contributed by atoms with van der Waals surface area (Å²) in [6.07, 6.45) is 5.73. The molecular formula is C13H29N5O. The Balaban J connectivity index is 3.17. The van der Waals surface area contributed by atoms with E-state index in [4.69, 9.17) is 11.5 Å². The third kappa shape index (κ3) is 13.4. The number of aliphatic imine (C=N–C) groups is 1. The standard InChI is InChI=1S/C13H29N5O/c1-12(15)13(19)18-11-5-10-17-8-3-2-7-16-9-4-6-14/h11-12,16-17H,2-10,14-15H2,1H3/t12-/m1/s1. The van der Waals surface area contributed by atoms with Gasteiger partial charge in [0.2, 0.25) is 0 Å². The molecule has 0 unspecified atom stereocenters. The zero-order valence-electron chi connectivity index (χ0n) is 12.0. The fourth-order valence-corrected chi connectivity index (χ4v) is 1.42. The van der Waals surface area contributed by atoms with E-state index in [1.165, 1.54) is 0 Å². The van der Waals surface area contributed by atoms with Crippen LogP contribution in [0.3, 0.4) is 0 Å². The molecule has 0 aliphatic heterocycles. The van der Waals surface area contributed by atoms with Gasteiger partial charge in [0.25, 0.3) is 5.91 Å². The molecule has 0 fully saturated rings. The van der Waals surface area contributed by atoms with Crippen LogP contribution in [0.5, 0.6) is 0 Å². The van der Waals surface area contributed by atoms with Gasteiger partial charge in [0, 0.05) is 12.8 Å². The van der Waals surface area contributed by atoms with Crippen molar-refractivity contribution in [3.8, 4) is 0 Å². The maximum Gasteiger partial charge on any atom is 0.261 e. The average Bonchev–Trinajstić information content (AvgIpc) is 2.39. The maximum absolute atomic E-state index is 11.1. The number of amides is 1. The number of nitrogens with zero attached hydrogens (tertiary/aromatic N) is 1. The summed E-state index contributed by atoms with van der Waals surface area (Å²) in [6.45, 7) is 6.28. The molecule has 19 heavy (non-hydrogen) atoms. The lowest BCUT2D eigenvalue weighted by molar-refractivity contribution is -0.118. The second-order valence-corrected chi connectivity index (χ2v) is 4.58. The molecule has 0 rings (SSSR count). The summed E-state index contributed by atoms with van der Waals surface area (Å²) in [6, 6.07) is -0.504. The Morgan fingerprint density at radius 2 is 1.74 bits per heavy atom. The van der Waals surface area contributed by atoms with Crippen LogP contribution in [0.4, 0.5) is 0 Å².